The lowest BCUT2D eigenvalue weighted by Crippen LogP contribution is -1.92. The zero-order valence-electron chi connectivity index (χ0n) is 12.7. The first-order chi connectivity index (χ1) is 10.3. The first kappa shape index (κ1) is 15.3. The summed E-state index contributed by atoms with van der Waals surface area (Å²) in [6.07, 6.45) is 9.27. The molecule has 0 radical (unpaired) electrons. The molecule has 0 amide bonds. The molecule has 0 unspecified atom stereocenters. The van der Waals surface area contributed by atoms with Gasteiger partial charge in [-0.05, 0) is 42.7 Å². The van der Waals surface area contributed by atoms with Crippen molar-refractivity contribution in [2.24, 2.45) is 0 Å². The van der Waals surface area contributed by atoms with Crippen LogP contribution in [0.25, 0.3) is 11.3 Å². The Labute approximate surface area is 127 Å². The molecular weight excluding hydrogens is 256 g/mol. The van der Waals surface area contributed by atoms with Crippen molar-refractivity contribution in [3.8, 4) is 17.3 Å². The van der Waals surface area contributed by atoms with Crippen LogP contribution in [0.1, 0.15) is 50.2 Å². The Hall–Kier alpha value is -2.14. The van der Waals surface area contributed by atoms with Crippen molar-refractivity contribution >= 4 is 0 Å². The molecule has 0 aliphatic carbocycles. The monoisotopic (exact) mass is 278 g/mol. The van der Waals surface area contributed by atoms with Crippen LogP contribution in [0.5, 0.6) is 0 Å². The number of nitrogens with zero attached hydrogens (tertiary/aromatic N) is 2. The first-order valence-corrected chi connectivity index (χ1v) is 7.79. The Bertz CT molecular complexity index is 597. The van der Waals surface area contributed by atoms with E-state index in [1.165, 1.54) is 37.7 Å². The van der Waals surface area contributed by atoms with Gasteiger partial charge in [0.15, 0.2) is 0 Å². The van der Waals surface area contributed by atoms with Crippen LogP contribution in [0.2, 0.25) is 0 Å². The summed E-state index contributed by atoms with van der Waals surface area (Å²) in [4.78, 5) is 4.37. The van der Waals surface area contributed by atoms with Gasteiger partial charge >= 0.3 is 0 Å². The van der Waals surface area contributed by atoms with E-state index >= 15 is 0 Å². The molecule has 108 valence electrons. The molecule has 0 N–H and O–H groups in total. The minimum atomic E-state index is 0.698. The van der Waals surface area contributed by atoms with Crippen molar-refractivity contribution in [3.63, 3.8) is 0 Å². The van der Waals surface area contributed by atoms with E-state index in [1.54, 1.807) is 6.20 Å². The molecule has 0 spiro atoms. The van der Waals surface area contributed by atoms with Crippen LogP contribution >= 0.6 is 0 Å². The molecule has 2 nitrogen and oxygen atoms in total. The predicted molar refractivity (Wildman–Crippen MR) is 86.9 cm³/mol. The van der Waals surface area contributed by atoms with Gasteiger partial charge in [-0.1, -0.05) is 44.7 Å². The number of unbranched alkanes of at least 4 members (excludes halogenated alkanes) is 4. The Morgan fingerprint density at radius 1 is 1.05 bits per heavy atom. The number of hydrogen-bond acceptors (Lipinski definition) is 2. The minimum absolute atomic E-state index is 0.698. The Kier molecular flexibility index (Phi) is 5.97. The molecule has 1 heterocycles. The number of benzene rings is 1. The Balaban J connectivity index is 2.10. The van der Waals surface area contributed by atoms with E-state index in [2.05, 4.69) is 30.1 Å². The number of nitriles is 1. The van der Waals surface area contributed by atoms with E-state index < -0.39 is 0 Å². The summed E-state index contributed by atoms with van der Waals surface area (Å²) in [5.74, 6) is 0. The highest BCUT2D eigenvalue weighted by molar-refractivity contribution is 5.68. The van der Waals surface area contributed by atoms with Gasteiger partial charge in [-0.15, -0.1) is 0 Å². The lowest BCUT2D eigenvalue weighted by Gasteiger charge is -2.07. The van der Waals surface area contributed by atoms with Gasteiger partial charge < -0.3 is 0 Å². The van der Waals surface area contributed by atoms with Crippen LogP contribution in [-0.2, 0) is 6.42 Å². The molecule has 1 aromatic heterocycles. The van der Waals surface area contributed by atoms with Crippen molar-refractivity contribution in [2.45, 2.75) is 45.4 Å². The van der Waals surface area contributed by atoms with Gasteiger partial charge in [0, 0.05) is 11.8 Å². The second-order valence-corrected chi connectivity index (χ2v) is 5.37. The van der Waals surface area contributed by atoms with E-state index in [0.29, 0.717) is 5.56 Å². The molecule has 2 heteroatoms. The van der Waals surface area contributed by atoms with Crippen LogP contribution in [0.4, 0.5) is 0 Å². The highest BCUT2D eigenvalue weighted by Crippen LogP contribution is 2.23. The second kappa shape index (κ2) is 8.21. The molecule has 1 aromatic carbocycles. The maximum atomic E-state index is 9.27. The molecule has 0 bridgehead atoms. The van der Waals surface area contributed by atoms with E-state index in [9.17, 15) is 5.26 Å². The highest BCUT2D eigenvalue weighted by atomic mass is 14.7. The van der Waals surface area contributed by atoms with Crippen LogP contribution in [0.3, 0.4) is 0 Å². The average molecular weight is 278 g/mol. The molecular formula is C19H22N2. The fourth-order valence-electron chi connectivity index (χ4n) is 2.51. The van der Waals surface area contributed by atoms with Crippen molar-refractivity contribution in [2.75, 3.05) is 0 Å². The maximum absolute atomic E-state index is 9.27. The summed E-state index contributed by atoms with van der Waals surface area (Å²) < 4.78 is 0. The molecule has 21 heavy (non-hydrogen) atoms. The van der Waals surface area contributed by atoms with Crippen molar-refractivity contribution in [1.82, 2.24) is 4.98 Å². The van der Waals surface area contributed by atoms with Crippen LogP contribution < -0.4 is 0 Å². The lowest BCUT2D eigenvalue weighted by molar-refractivity contribution is 0.632. The zero-order chi connectivity index (χ0) is 14.9. The fraction of sp³-hybridized carbons (Fsp3) is 0.368. The summed E-state index contributed by atoms with van der Waals surface area (Å²) in [7, 11) is 0. The summed E-state index contributed by atoms with van der Waals surface area (Å²) in [5, 5.41) is 9.27. The van der Waals surface area contributed by atoms with Gasteiger partial charge in [0.25, 0.3) is 0 Å². The molecule has 0 saturated carbocycles. The van der Waals surface area contributed by atoms with Gasteiger partial charge in [0.1, 0.15) is 0 Å². The van der Waals surface area contributed by atoms with Crippen molar-refractivity contribution < 1.29 is 0 Å². The van der Waals surface area contributed by atoms with E-state index in [4.69, 9.17) is 0 Å². The molecule has 2 rings (SSSR count). The van der Waals surface area contributed by atoms with Crippen molar-refractivity contribution in [1.29, 1.82) is 5.26 Å². The third-order valence-electron chi connectivity index (χ3n) is 3.71. The maximum Gasteiger partial charge on any atom is 0.0998 e. The fourth-order valence-corrected chi connectivity index (χ4v) is 2.51. The number of rotatable bonds is 7. The normalized spacial score (nSPS) is 10.3. The summed E-state index contributed by atoms with van der Waals surface area (Å²) >= 11 is 0. The molecule has 0 aliphatic rings. The first-order valence-electron chi connectivity index (χ1n) is 7.79. The van der Waals surface area contributed by atoms with Gasteiger partial charge in [0.05, 0.1) is 17.3 Å². The SMILES string of the molecule is CCCCCCCc1ccc(C#N)c(-c2ccccn2)c1. The number of aromatic nitrogens is 1. The van der Waals surface area contributed by atoms with E-state index in [-0.39, 0.29) is 0 Å². The second-order valence-electron chi connectivity index (χ2n) is 5.37. The van der Waals surface area contributed by atoms with Gasteiger partial charge in [-0.25, -0.2) is 0 Å². The highest BCUT2D eigenvalue weighted by Gasteiger charge is 2.07. The Morgan fingerprint density at radius 3 is 2.62 bits per heavy atom. The van der Waals surface area contributed by atoms with Crippen LogP contribution in [-0.4, -0.2) is 4.98 Å². The minimum Gasteiger partial charge on any atom is -0.256 e. The van der Waals surface area contributed by atoms with Gasteiger partial charge in [0.2, 0.25) is 0 Å². The topological polar surface area (TPSA) is 36.7 Å². The Morgan fingerprint density at radius 2 is 1.90 bits per heavy atom. The number of hydrogen-bond donors (Lipinski definition) is 0. The largest absolute Gasteiger partial charge is 0.256 e. The van der Waals surface area contributed by atoms with Gasteiger partial charge in [-0.2, -0.15) is 5.26 Å². The quantitative estimate of drug-likeness (QED) is 0.658. The van der Waals surface area contributed by atoms with E-state index in [0.717, 1.165) is 17.7 Å². The summed E-state index contributed by atoms with van der Waals surface area (Å²) in [6, 6.07) is 14.2. The lowest BCUT2D eigenvalue weighted by atomic mass is 9.98. The summed E-state index contributed by atoms with van der Waals surface area (Å²) in [6.45, 7) is 2.24. The van der Waals surface area contributed by atoms with Crippen molar-refractivity contribution in [3.05, 3.63) is 53.7 Å². The average Bonchev–Trinajstić information content (AvgIpc) is 2.55. The predicted octanol–water partition coefficient (Wildman–Crippen LogP) is 5.13. The molecule has 0 atom stereocenters. The van der Waals surface area contributed by atoms with Crippen LogP contribution in [0, 0.1) is 11.3 Å². The molecule has 0 fully saturated rings. The molecule has 2 aromatic rings. The standard InChI is InChI=1S/C19H22N2/c1-2-3-4-5-6-9-16-11-12-17(15-20)18(14-16)19-10-7-8-13-21-19/h7-8,10-14H,2-6,9H2,1H3. The number of pyridine rings is 1. The third kappa shape index (κ3) is 4.43. The van der Waals surface area contributed by atoms with Gasteiger partial charge in [-0.3, -0.25) is 4.98 Å². The molecule has 0 saturated heterocycles. The van der Waals surface area contributed by atoms with Crippen LogP contribution in [0.15, 0.2) is 42.6 Å². The zero-order valence-corrected chi connectivity index (χ0v) is 12.7. The molecule has 0 aliphatic heterocycles. The summed E-state index contributed by atoms with van der Waals surface area (Å²) in [5.41, 5.74) is 3.82. The number of aryl methyl sites for hydroxylation is 1. The third-order valence-corrected chi connectivity index (χ3v) is 3.71. The van der Waals surface area contributed by atoms with E-state index in [1.807, 2.05) is 24.3 Å². The smallest absolute Gasteiger partial charge is 0.0998 e.